The number of piperidine rings is 1. The number of likely N-dealkylation sites (tertiary alicyclic amines) is 2. The lowest BCUT2D eigenvalue weighted by Crippen LogP contribution is -2.54. The van der Waals surface area contributed by atoms with Crippen LogP contribution in [0.25, 0.3) is 16.9 Å². The number of fused-ring (bicyclic) bond motifs is 1. The van der Waals surface area contributed by atoms with E-state index in [1.54, 1.807) is 6.07 Å². The highest BCUT2D eigenvalue weighted by molar-refractivity contribution is 5.84. The zero-order valence-corrected chi connectivity index (χ0v) is 18.2. The van der Waals surface area contributed by atoms with Gasteiger partial charge in [0, 0.05) is 36.9 Å². The molecule has 0 atom stereocenters. The maximum Gasteiger partial charge on any atom is 0.407 e. The maximum absolute atomic E-state index is 14.6. The summed E-state index contributed by atoms with van der Waals surface area (Å²) in [5.41, 5.74) is 1.17. The first-order valence-corrected chi connectivity index (χ1v) is 11.1. The number of nitrogens with zero attached hydrogens (tertiary/aromatic N) is 6. The number of carboxylic acid groups (broad SMARTS) is 1. The first-order valence-electron chi connectivity index (χ1n) is 11.1. The molecule has 170 valence electrons. The zero-order chi connectivity index (χ0) is 22.4. The molecule has 2 aliphatic heterocycles. The van der Waals surface area contributed by atoms with Crippen molar-refractivity contribution in [1.82, 2.24) is 29.7 Å². The van der Waals surface area contributed by atoms with Crippen molar-refractivity contribution in [1.29, 1.82) is 0 Å². The van der Waals surface area contributed by atoms with Crippen LogP contribution in [0.4, 0.5) is 9.18 Å². The Hall–Kier alpha value is -3.01. The molecule has 4 heterocycles. The van der Waals surface area contributed by atoms with Crippen LogP contribution in [0.15, 0.2) is 22.7 Å². The topological polar surface area (TPSA) is 101 Å². The van der Waals surface area contributed by atoms with Gasteiger partial charge in [0.2, 0.25) is 5.89 Å². The fourth-order valence-corrected chi connectivity index (χ4v) is 4.77. The molecular formula is C22H27FN6O3. The van der Waals surface area contributed by atoms with Crippen molar-refractivity contribution in [3.8, 4) is 5.95 Å². The van der Waals surface area contributed by atoms with Crippen LogP contribution < -0.4 is 0 Å². The lowest BCUT2D eigenvalue weighted by molar-refractivity contribution is 0.0555. The second-order valence-electron chi connectivity index (χ2n) is 9.15. The summed E-state index contributed by atoms with van der Waals surface area (Å²) < 4.78 is 21.7. The van der Waals surface area contributed by atoms with Gasteiger partial charge in [-0.15, -0.1) is 0 Å². The summed E-state index contributed by atoms with van der Waals surface area (Å²) in [5, 5.41) is 18.4. The van der Waals surface area contributed by atoms with E-state index in [2.05, 4.69) is 20.1 Å². The number of carbonyl (C=O) groups is 1. The summed E-state index contributed by atoms with van der Waals surface area (Å²) in [5.74, 6) is 1.16. The van der Waals surface area contributed by atoms with Gasteiger partial charge in [-0.1, -0.05) is 26.0 Å². The summed E-state index contributed by atoms with van der Waals surface area (Å²) in [6, 6.07) is 4.97. The van der Waals surface area contributed by atoms with Gasteiger partial charge < -0.3 is 19.4 Å². The summed E-state index contributed by atoms with van der Waals surface area (Å²) in [4.78, 5) is 19.3. The third kappa shape index (κ3) is 3.72. The molecule has 0 spiro atoms. The highest BCUT2D eigenvalue weighted by atomic mass is 19.1. The molecular weight excluding hydrogens is 415 g/mol. The molecule has 2 aliphatic rings. The predicted molar refractivity (Wildman–Crippen MR) is 114 cm³/mol. The van der Waals surface area contributed by atoms with Crippen molar-refractivity contribution < 1.29 is 18.8 Å². The summed E-state index contributed by atoms with van der Waals surface area (Å²) in [6.45, 7) is 8.02. The molecule has 5 rings (SSSR count). The van der Waals surface area contributed by atoms with Gasteiger partial charge in [-0.25, -0.2) is 9.18 Å². The van der Waals surface area contributed by atoms with Gasteiger partial charge in [0.25, 0.3) is 5.95 Å². The number of hydrogen-bond donors (Lipinski definition) is 1. The van der Waals surface area contributed by atoms with Crippen molar-refractivity contribution in [2.75, 3.05) is 32.7 Å². The molecule has 0 aliphatic carbocycles. The van der Waals surface area contributed by atoms with Crippen LogP contribution in [0.2, 0.25) is 0 Å². The fraction of sp³-hybridized carbons (Fsp3) is 0.545. The summed E-state index contributed by atoms with van der Waals surface area (Å²) in [7, 11) is 0. The van der Waals surface area contributed by atoms with Crippen molar-refractivity contribution in [3.05, 3.63) is 35.6 Å². The molecule has 32 heavy (non-hydrogen) atoms. The Morgan fingerprint density at radius 2 is 2.03 bits per heavy atom. The van der Waals surface area contributed by atoms with E-state index in [1.807, 2.05) is 19.9 Å². The van der Waals surface area contributed by atoms with E-state index in [0.717, 1.165) is 43.6 Å². The predicted octanol–water partition coefficient (Wildman–Crippen LogP) is 3.46. The normalized spacial score (nSPS) is 18.6. The third-order valence-corrected chi connectivity index (χ3v) is 6.53. The number of amides is 1. The summed E-state index contributed by atoms with van der Waals surface area (Å²) in [6.07, 6.45) is 0.947. The number of hydrogen-bond acceptors (Lipinski definition) is 6. The van der Waals surface area contributed by atoms with Crippen LogP contribution in [0, 0.1) is 11.7 Å². The lowest BCUT2D eigenvalue weighted by Gasteiger charge is -2.41. The van der Waals surface area contributed by atoms with Gasteiger partial charge in [-0.3, -0.25) is 0 Å². The van der Waals surface area contributed by atoms with Crippen molar-refractivity contribution in [3.63, 3.8) is 0 Å². The van der Waals surface area contributed by atoms with Gasteiger partial charge in [0.05, 0.1) is 5.69 Å². The monoisotopic (exact) mass is 442 g/mol. The van der Waals surface area contributed by atoms with Gasteiger partial charge in [0.15, 0.2) is 0 Å². The van der Waals surface area contributed by atoms with Gasteiger partial charge in [0.1, 0.15) is 11.3 Å². The van der Waals surface area contributed by atoms with Gasteiger partial charge >= 0.3 is 6.09 Å². The molecule has 9 nitrogen and oxygen atoms in total. The zero-order valence-electron chi connectivity index (χ0n) is 18.2. The highest BCUT2D eigenvalue weighted by Crippen LogP contribution is 2.31. The molecule has 1 N–H and O–H groups in total. The molecule has 3 aromatic rings. The van der Waals surface area contributed by atoms with Crippen molar-refractivity contribution in [2.45, 2.75) is 38.5 Å². The van der Waals surface area contributed by atoms with Gasteiger partial charge in [-0.05, 0) is 43.1 Å². The molecule has 1 aromatic carbocycles. The minimum absolute atomic E-state index is 0.134. The standard InChI is InChI=1S/C22H27FN6O3/c1-13(2)18-16-4-3-5-17(23)19(16)29(25-18)21-24-20(32-26-21)15-6-8-27(9-7-15)10-14-11-28(12-14)22(30)31/h3-5,13-15H,6-12H2,1-2H3,(H,30,31). The molecule has 0 saturated carbocycles. The average molecular weight is 442 g/mol. The number of aromatic nitrogens is 4. The average Bonchev–Trinajstić information content (AvgIpc) is 3.36. The smallest absolute Gasteiger partial charge is 0.407 e. The Morgan fingerprint density at radius 1 is 1.28 bits per heavy atom. The maximum atomic E-state index is 14.6. The van der Waals surface area contributed by atoms with Crippen LogP contribution in [-0.2, 0) is 0 Å². The molecule has 0 radical (unpaired) electrons. The SMILES string of the molecule is CC(C)c1nn(-c2noc(C3CCN(CC4CN(C(=O)O)C4)CC3)n2)c2c(F)cccc12. The quantitative estimate of drug-likeness (QED) is 0.646. The largest absolute Gasteiger partial charge is 0.465 e. The lowest BCUT2D eigenvalue weighted by atomic mass is 9.94. The second-order valence-corrected chi connectivity index (χ2v) is 9.15. The minimum atomic E-state index is -0.836. The molecule has 1 amide bonds. The van der Waals surface area contributed by atoms with Gasteiger partial charge in [-0.2, -0.15) is 14.8 Å². The van der Waals surface area contributed by atoms with E-state index < -0.39 is 6.09 Å². The Bertz CT molecular complexity index is 1130. The minimum Gasteiger partial charge on any atom is -0.465 e. The Balaban J connectivity index is 1.27. The number of rotatable bonds is 5. The Kier molecular flexibility index (Phi) is 5.32. The van der Waals surface area contributed by atoms with E-state index in [1.165, 1.54) is 15.6 Å². The molecule has 10 heteroatoms. The number of halogens is 1. The number of para-hydroxylation sites is 1. The summed E-state index contributed by atoms with van der Waals surface area (Å²) >= 11 is 0. The van der Waals surface area contributed by atoms with E-state index in [0.29, 0.717) is 30.4 Å². The first-order chi connectivity index (χ1) is 15.4. The Morgan fingerprint density at radius 3 is 2.72 bits per heavy atom. The molecule has 2 fully saturated rings. The van der Waals surface area contributed by atoms with Crippen LogP contribution in [-0.4, -0.2) is 73.6 Å². The fourth-order valence-electron chi connectivity index (χ4n) is 4.77. The van der Waals surface area contributed by atoms with Crippen LogP contribution in [0.3, 0.4) is 0 Å². The van der Waals surface area contributed by atoms with E-state index >= 15 is 0 Å². The van der Waals surface area contributed by atoms with Crippen molar-refractivity contribution in [2.24, 2.45) is 5.92 Å². The highest BCUT2D eigenvalue weighted by Gasteiger charge is 2.33. The number of benzene rings is 1. The van der Waals surface area contributed by atoms with Crippen molar-refractivity contribution >= 4 is 17.0 Å². The third-order valence-electron chi connectivity index (χ3n) is 6.53. The van der Waals surface area contributed by atoms with Crippen LogP contribution in [0.1, 0.15) is 50.1 Å². The first kappa shape index (κ1) is 20.9. The van der Waals surface area contributed by atoms with Crippen LogP contribution in [0.5, 0.6) is 0 Å². The van der Waals surface area contributed by atoms with E-state index in [-0.39, 0.29) is 23.6 Å². The molecule has 2 saturated heterocycles. The van der Waals surface area contributed by atoms with E-state index in [9.17, 15) is 9.18 Å². The molecule has 2 aromatic heterocycles. The molecule has 0 unspecified atom stereocenters. The van der Waals surface area contributed by atoms with Crippen LogP contribution >= 0.6 is 0 Å². The molecule has 0 bridgehead atoms. The Labute approximate surface area is 184 Å². The second kappa shape index (κ2) is 8.16. The van der Waals surface area contributed by atoms with E-state index in [4.69, 9.17) is 9.63 Å².